The van der Waals surface area contributed by atoms with Gasteiger partial charge in [0.1, 0.15) is 0 Å². The van der Waals surface area contributed by atoms with E-state index in [4.69, 9.17) is 0 Å². The Morgan fingerprint density at radius 3 is 3.05 bits per heavy atom. The molecule has 0 bridgehead atoms. The second-order valence-corrected chi connectivity index (χ2v) is 5.93. The van der Waals surface area contributed by atoms with Gasteiger partial charge < -0.3 is 4.90 Å². The van der Waals surface area contributed by atoms with Crippen LogP contribution in [0.2, 0.25) is 0 Å². The molecule has 112 valence electrons. The molecule has 1 amide bonds. The molecule has 7 heteroatoms. The molecule has 0 saturated heterocycles. The van der Waals surface area contributed by atoms with Crippen molar-refractivity contribution in [3.8, 4) is 0 Å². The van der Waals surface area contributed by atoms with Crippen LogP contribution < -0.4 is 0 Å². The SMILES string of the molecule is Cc1nc(/C=C/C(=O)N(C)Cc2nnc3ccccn23)cs1. The van der Waals surface area contributed by atoms with E-state index < -0.39 is 0 Å². The minimum Gasteiger partial charge on any atom is -0.335 e. The lowest BCUT2D eigenvalue weighted by Gasteiger charge is -2.13. The summed E-state index contributed by atoms with van der Waals surface area (Å²) in [6, 6.07) is 5.69. The molecule has 0 aliphatic rings. The highest BCUT2D eigenvalue weighted by Crippen LogP contribution is 2.10. The number of carbonyl (C=O) groups excluding carboxylic acids is 1. The molecular weight excluding hydrogens is 298 g/mol. The molecule has 22 heavy (non-hydrogen) atoms. The number of hydrogen-bond acceptors (Lipinski definition) is 5. The van der Waals surface area contributed by atoms with Crippen molar-refractivity contribution in [2.75, 3.05) is 7.05 Å². The van der Waals surface area contributed by atoms with Crippen LogP contribution in [0.25, 0.3) is 11.7 Å². The van der Waals surface area contributed by atoms with Crippen molar-refractivity contribution in [2.24, 2.45) is 0 Å². The number of nitrogens with zero attached hydrogens (tertiary/aromatic N) is 5. The number of rotatable bonds is 4. The third-order valence-electron chi connectivity index (χ3n) is 3.17. The van der Waals surface area contributed by atoms with Gasteiger partial charge in [-0.15, -0.1) is 21.5 Å². The van der Waals surface area contributed by atoms with Crippen molar-refractivity contribution in [2.45, 2.75) is 13.5 Å². The lowest BCUT2D eigenvalue weighted by molar-refractivity contribution is -0.125. The maximum Gasteiger partial charge on any atom is 0.246 e. The second kappa shape index (κ2) is 6.07. The molecule has 0 atom stereocenters. The highest BCUT2D eigenvalue weighted by Gasteiger charge is 2.11. The third kappa shape index (κ3) is 3.04. The van der Waals surface area contributed by atoms with Crippen LogP contribution in [-0.2, 0) is 11.3 Å². The number of amides is 1. The quantitative estimate of drug-likeness (QED) is 0.693. The largest absolute Gasteiger partial charge is 0.335 e. The molecule has 3 heterocycles. The smallest absolute Gasteiger partial charge is 0.246 e. The molecule has 3 aromatic rings. The van der Waals surface area contributed by atoms with Gasteiger partial charge in [0.15, 0.2) is 11.5 Å². The first-order chi connectivity index (χ1) is 10.6. The van der Waals surface area contributed by atoms with Gasteiger partial charge in [-0.25, -0.2) is 4.98 Å². The van der Waals surface area contributed by atoms with Crippen molar-refractivity contribution in [1.82, 2.24) is 24.5 Å². The number of fused-ring (bicyclic) bond motifs is 1. The van der Waals surface area contributed by atoms with E-state index in [1.807, 2.05) is 41.1 Å². The van der Waals surface area contributed by atoms with Crippen LogP contribution in [0, 0.1) is 6.92 Å². The van der Waals surface area contributed by atoms with Gasteiger partial charge in [-0.3, -0.25) is 9.20 Å². The van der Waals surface area contributed by atoms with E-state index in [2.05, 4.69) is 15.2 Å². The summed E-state index contributed by atoms with van der Waals surface area (Å²) in [4.78, 5) is 18.0. The van der Waals surface area contributed by atoms with E-state index in [1.54, 1.807) is 29.4 Å². The normalized spacial score (nSPS) is 11.4. The fourth-order valence-corrected chi connectivity index (χ4v) is 2.61. The number of aryl methyl sites for hydroxylation is 1. The Morgan fingerprint density at radius 1 is 1.41 bits per heavy atom. The molecular formula is C15H15N5OS. The molecule has 3 aromatic heterocycles. The van der Waals surface area contributed by atoms with Crippen LogP contribution in [0.4, 0.5) is 0 Å². The topological polar surface area (TPSA) is 63.4 Å². The number of carbonyl (C=O) groups is 1. The Balaban J connectivity index is 1.69. The van der Waals surface area contributed by atoms with Gasteiger partial charge in [-0.2, -0.15) is 0 Å². The van der Waals surface area contributed by atoms with E-state index in [1.165, 1.54) is 6.08 Å². The zero-order valence-electron chi connectivity index (χ0n) is 12.3. The average molecular weight is 313 g/mol. The van der Waals surface area contributed by atoms with Crippen molar-refractivity contribution < 1.29 is 4.79 Å². The van der Waals surface area contributed by atoms with Crippen molar-refractivity contribution in [3.63, 3.8) is 0 Å². The first kappa shape index (κ1) is 14.4. The monoisotopic (exact) mass is 313 g/mol. The average Bonchev–Trinajstić information content (AvgIpc) is 3.12. The highest BCUT2D eigenvalue weighted by molar-refractivity contribution is 7.09. The van der Waals surface area contributed by atoms with Crippen LogP contribution in [0.3, 0.4) is 0 Å². The zero-order chi connectivity index (χ0) is 15.5. The summed E-state index contributed by atoms with van der Waals surface area (Å²) in [5.41, 5.74) is 1.57. The Morgan fingerprint density at radius 2 is 2.27 bits per heavy atom. The summed E-state index contributed by atoms with van der Waals surface area (Å²) in [6.45, 7) is 2.33. The third-order valence-corrected chi connectivity index (χ3v) is 3.96. The molecule has 6 nitrogen and oxygen atoms in total. The number of likely N-dealkylation sites (N-methyl/N-ethyl adjacent to an activating group) is 1. The standard InChI is InChI=1S/C15H15N5OS/c1-11-16-12(10-22-11)6-7-15(21)19(2)9-14-18-17-13-5-3-4-8-20(13)14/h3-8,10H,9H2,1-2H3/b7-6+. The van der Waals surface area contributed by atoms with Gasteiger partial charge in [-0.1, -0.05) is 6.07 Å². The molecule has 0 radical (unpaired) electrons. The molecule has 0 N–H and O–H groups in total. The summed E-state index contributed by atoms with van der Waals surface area (Å²) in [7, 11) is 1.74. The van der Waals surface area contributed by atoms with E-state index in [9.17, 15) is 4.79 Å². The first-order valence-corrected chi connectivity index (χ1v) is 7.65. The number of hydrogen-bond donors (Lipinski definition) is 0. The minimum atomic E-state index is -0.0988. The first-order valence-electron chi connectivity index (χ1n) is 6.77. The Kier molecular flexibility index (Phi) is 3.97. The minimum absolute atomic E-state index is 0.0988. The Bertz CT molecular complexity index is 835. The van der Waals surface area contributed by atoms with E-state index in [-0.39, 0.29) is 5.91 Å². The molecule has 0 unspecified atom stereocenters. The lowest BCUT2D eigenvalue weighted by atomic mass is 10.3. The van der Waals surface area contributed by atoms with Gasteiger partial charge in [0.2, 0.25) is 5.91 Å². The predicted molar refractivity (Wildman–Crippen MR) is 85.3 cm³/mol. The van der Waals surface area contributed by atoms with E-state index >= 15 is 0 Å². The second-order valence-electron chi connectivity index (χ2n) is 4.86. The predicted octanol–water partition coefficient (Wildman–Crippen LogP) is 2.17. The number of aromatic nitrogens is 4. The van der Waals surface area contributed by atoms with Crippen molar-refractivity contribution >= 4 is 29.0 Å². The van der Waals surface area contributed by atoms with Crippen LogP contribution in [0.15, 0.2) is 35.9 Å². The Labute approximate surface area is 131 Å². The molecule has 3 rings (SSSR count). The van der Waals surface area contributed by atoms with Crippen LogP contribution in [0.5, 0.6) is 0 Å². The summed E-state index contributed by atoms with van der Waals surface area (Å²) in [5, 5.41) is 11.1. The maximum atomic E-state index is 12.1. The highest BCUT2D eigenvalue weighted by atomic mass is 32.1. The number of thiazole rings is 1. The van der Waals surface area contributed by atoms with Crippen molar-refractivity contribution in [1.29, 1.82) is 0 Å². The molecule has 0 spiro atoms. The molecule has 0 aromatic carbocycles. The molecule has 0 saturated carbocycles. The van der Waals surface area contributed by atoms with E-state index in [0.29, 0.717) is 6.54 Å². The molecule has 0 aliphatic carbocycles. The summed E-state index contributed by atoms with van der Waals surface area (Å²) < 4.78 is 1.87. The van der Waals surface area contributed by atoms with E-state index in [0.717, 1.165) is 22.2 Å². The van der Waals surface area contributed by atoms with Gasteiger partial charge >= 0.3 is 0 Å². The molecule has 0 fully saturated rings. The van der Waals surface area contributed by atoms with Gasteiger partial charge in [0.05, 0.1) is 17.2 Å². The summed E-state index contributed by atoms with van der Waals surface area (Å²) in [5.74, 6) is 0.627. The van der Waals surface area contributed by atoms with Crippen molar-refractivity contribution in [3.05, 3.63) is 52.4 Å². The van der Waals surface area contributed by atoms with Gasteiger partial charge in [-0.05, 0) is 25.1 Å². The van der Waals surface area contributed by atoms with Crippen LogP contribution in [0.1, 0.15) is 16.5 Å². The zero-order valence-corrected chi connectivity index (χ0v) is 13.1. The summed E-state index contributed by atoms with van der Waals surface area (Å²) >= 11 is 1.56. The lowest BCUT2D eigenvalue weighted by Crippen LogP contribution is -2.25. The van der Waals surface area contributed by atoms with Gasteiger partial charge in [0.25, 0.3) is 0 Å². The Hall–Kier alpha value is -2.54. The summed E-state index contributed by atoms with van der Waals surface area (Å²) in [6.07, 6.45) is 5.14. The molecule has 0 aliphatic heterocycles. The van der Waals surface area contributed by atoms with Gasteiger partial charge in [0, 0.05) is 24.7 Å². The number of pyridine rings is 1. The maximum absolute atomic E-state index is 12.1. The van der Waals surface area contributed by atoms with Crippen LogP contribution in [-0.4, -0.2) is 37.4 Å². The van der Waals surface area contributed by atoms with Crippen LogP contribution >= 0.6 is 11.3 Å². The fourth-order valence-electron chi connectivity index (χ4n) is 2.03. The fraction of sp³-hybridized carbons (Fsp3) is 0.200.